The molecule has 5 heteroatoms. The molecule has 0 bridgehead atoms. The first-order valence-electron chi connectivity index (χ1n) is 7.45. The second-order valence-electron chi connectivity index (χ2n) is 6.87. The molecule has 2 rings (SSSR count). The highest BCUT2D eigenvalue weighted by Gasteiger charge is 2.27. The number of hydrogen-bond donors (Lipinski definition) is 1. The molecule has 0 amide bonds. The molecule has 1 saturated heterocycles. The van der Waals surface area contributed by atoms with E-state index in [-0.39, 0.29) is 5.54 Å². The summed E-state index contributed by atoms with van der Waals surface area (Å²) < 4.78 is 1.92. The van der Waals surface area contributed by atoms with Crippen molar-refractivity contribution in [3.05, 3.63) is 16.4 Å². The molecule has 20 heavy (non-hydrogen) atoms. The van der Waals surface area contributed by atoms with E-state index in [0.717, 1.165) is 36.0 Å². The molecule has 1 aromatic rings. The van der Waals surface area contributed by atoms with Crippen molar-refractivity contribution in [2.75, 3.05) is 13.1 Å². The van der Waals surface area contributed by atoms with Crippen LogP contribution in [0.1, 0.15) is 45.0 Å². The standard InChI is InChI=1S/C15H27ClN4/c1-11-14(16)13(19(5)18-11)10-20-8-6-7-12(20)9-17-15(2,3)4/h12,17H,6-10H2,1-5H3. The summed E-state index contributed by atoms with van der Waals surface area (Å²) in [5, 5.41) is 8.84. The molecule has 1 fully saturated rings. The molecule has 1 aromatic heterocycles. The number of likely N-dealkylation sites (tertiary alicyclic amines) is 1. The zero-order valence-corrected chi connectivity index (χ0v) is 14.1. The molecule has 4 nitrogen and oxygen atoms in total. The maximum atomic E-state index is 6.36. The largest absolute Gasteiger partial charge is 0.311 e. The number of nitrogens with zero attached hydrogens (tertiary/aromatic N) is 3. The van der Waals surface area contributed by atoms with Gasteiger partial charge in [0.1, 0.15) is 0 Å². The minimum Gasteiger partial charge on any atom is -0.311 e. The van der Waals surface area contributed by atoms with Crippen molar-refractivity contribution in [3.8, 4) is 0 Å². The number of nitrogens with one attached hydrogen (secondary N) is 1. The van der Waals surface area contributed by atoms with Gasteiger partial charge in [0.05, 0.1) is 16.4 Å². The van der Waals surface area contributed by atoms with E-state index in [4.69, 9.17) is 11.6 Å². The number of aromatic nitrogens is 2. The molecular weight excluding hydrogens is 272 g/mol. The molecular formula is C15H27ClN4. The van der Waals surface area contributed by atoms with Gasteiger partial charge in [0.25, 0.3) is 0 Å². The normalized spacial score (nSPS) is 20.8. The van der Waals surface area contributed by atoms with E-state index in [9.17, 15) is 0 Å². The summed E-state index contributed by atoms with van der Waals surface area (Å²) in [7, 11) is 1.98. The van der Waals surface area contributed by atoms with Crippen LogP contribution in [0.15, 0.2) is 0 Å². The highest BCUT2D eigenvalue weighted by atomic mass is 35.5. The van der Waals surface area contributed by atoms with Gasteiger partial charge < -0.3 is 5.32 Å². The zero-order chi connectivity index (χ0) is 14.9. The lowest BCUT2D eigenvalue weighted by Crippen LogP contribution is -2.45. The summed E-state index contributed by atoms with van der Waals surface area (Å²) in [6.45, 7) is 11.7. The third kappa shape index (κ3) is 3.74. The number of aryl methyl sites for hydroxylation is 2. The van der Waals surface area contributed by atoms with Gasteiger partial charge in [-0.05, 0) is 47.1 Å². The van der Waals surface area contributed by atoms with Crippen molar-refractivity contribution in [3.63, 3.8) is 0 Å². The first-order chi connectivity index (χ1) is 9.28. The fourth-order valence-corrected chi connectivity index (χ4v) is 3.02. The van der Waals surface area contributed by atoms with Crippen LogP contribution in [0.5, 0.6) is 0 Å². The third-order valence-electron chi connectivity index (χ3n) is 3.98. The van der Waals surface area contributed by atoms with Gasteiger partial charge in [-0.15, -0.1) is 0 Å². The van der Waals surface area contributed by atoms with E-state index < -0.39 is 0 Å². The summed E-state index contributed by atoms with van der Waals surface area (Å²) in [6, 6.07) is 0.598. The van der Waals surface area contributed by atoms with E-state index in [1.807, 2.05) is 18.7 Å². The van der Waals surface area contributed by atoms with E-state index >= 15 is 0 Å². The third-order valence-corrected chi connectivity index (χ3v) is 4.47. The molecule has 0 spiro atoms. The highest BCUT2D eigenvalue weighted by molar-refractivity contribution is 6.31. The fraction of sp³-hybridized carbons (Fsp3) is 0.800. The van der Waals surface area contributed by atoms with Crippen molar-refractivity contribution >= 4 is 11.6 Å². The Bertz CT molecular complexity index is 461. The second-order valence-corrected chi connectivity index (χ2v) is 7.25. The molecule has 1 unspecified atom stereocenters. The Morgan fingerprint density at radius 1 is 1.40 bits per heavy atom. The Balaban J connectivity index is 2.01. The predicted molar refractivity (Wildman–Crippen MR) is 84.1 cm³/mol. The van der Waals surface area contributed by atoms with Crippen molar-refractivity contribution in [2.45, 2.75) is 58.7 Å². The van der Waals surface area contributed by atoms with Crippen LogP contribution < -0.4 is 5.32 Å². The van der Waals surface area contributed by atoms with Gasteiger partial charge in [-0.25, -0.2) is 0 Å². The van der Waals surface area contributed by atoms with Gasteiger partial charge in [-0.2, -0.15) is 5.10 Å². The zero-order valence-electron chi connectivity index (χ0n) is 13.3. The number of hydrogen-bond acceptors (Lipinski definition) is 3. The molecule has 0 aliphatic carbocycles. The lowest BCUT2D eigenvalue weighted by molar-refractivity contribution is 0.221. The lowest BCUT2D eigenvalue weighted by atomic mass is 10.1. The van der Waals surface area contributed by atoms with E-state index in [2.05, 4.69) is 36.1 Å². The number of halogens is 1. The average Bonchev–Trinajstić information content (AvgIpc) is 2.87. The quantitative estimate of drug-likeness (QED) is 0.928. The van der Waals surface area contributed by atoms with Crippen LogP contribution in [-0.4, -0.2) is 39.4 Å². The van der Waals surface area contributed by atoms with E-state index in [0.29, 0.717) is 6.04 Å². The minimum absolute atomic E-state index is 0.176. The molecule has 1 N–H and O–H groups in total. The van der Waals surface area contributed by atoms with E-state index in [1.54, 1.807) is 0 Å². The van der Waals surface area contributed by atoms with Gasteiger partial charge in [-0.3, -0.25) is 9.58 Å². The molecule has 1 atom stereocenters. The maximum Gasteiger partial charge on any atom is 0.0860 e. The van der Waals surface area contributed by atoms with E-state index in [1.165, 1.54) is 12.8 Å². The molecule has 2 heterocycles. The van der Waals surface area contributed by atoms with Gasteiger partial charge in [0, 0.05) is 31.7 Å². The highest BCUT2D eigenvalue weighted by Crippen LogP contribution is 2.25. The monoisotopic (exact) mass is 298 g/mol. The number of rotatable bonds is 4. The Kier molecular flexibility index (Phi) is 4.77. The van der Waals surface area contributed by atoms with Crippen molar-refractivity contribution in [1.82, 2.24) is 20.0 Å². The molecule has 0 radical (unpaired) electrons. The van der Waals surface area contributed by atoms with Gasteiger partial charge in [0.15, 0.2) is 0 Å². The SMILES string of the molecule is Cc1nn(C)c(CN2CCCC2CNC(C)(C)C)c1Cl. The average molecular weight is 299 g/mol. The van der Waals surface area contributed by atoms with Crippen molar-refractivity contribution < 1.29 is 0 Å². The van der Waals surface area contributed by atoms with Gasteiger partial charge >= 0.3 is 0 Å². The van der Waals surface area contributed by atoms with Crippen molar-refractivity contribution in [1.29, 1.82) is 0 Å². The Hall–Kier alpha value is -0.580. The van der Waals surface area contributed by atoms with Crippen LogP contribution >= 0.6 is 11.6 Å². The van der Waals surface area contributed by atoms with Crippen molar-refractivity contribution in [2.24, 2.45) is 7.05 Å². The van der Waals surface area contributed by atoms with Crippen LogP contribution in [0.4, 0.5) is 0 Å². The predicted octanol–water partition coefficient (Wildman–Crippen LogP) is 2.73. The van der Waals surface area contributed by atoms with Gasteiger partial charge in [0.2, 0.25) is 0 Å². The first kappa shape index (κ1) is 15.8. The molecule has 0 saturated carbocycles. The Morgan fingerprint density at radius 3 is 2.65 bits per heavy atom. The Labute approximate surface area is 127 Å². The lowest BCUT2D eigenvalue weighted by Gasteiger charge is -2.29. The topological polar surface area (TPSA) is 33.1 Å². The summed E-state index contributed by atoms with van der Waals surface area (Å²) in [5.41, 5.74) is 2.23. The van der Waals surface area contributed by atoms with Gasteiger partial charge in [-0.1, -0.05) is 11.6 Å². The summed E-state index contributed by atoms with van der Waals surface area (Å²) in [5.74, 6) is 0. The first-order valence-corrected chi connectivity index (χ1v) is 7.83. The maximum absolute atomic E-state index is 6.36. The molecule has 1 aliphatic rings. The summed E-state index contributed by atoms with van der Waals surface area (Å²) in [6.07, 6.45) is 2.53. The minimum atomic E-state index is 0.176. The molecule has 0 aromatic carbocycles. The summed E-state index contributed by atoms with van der Waals surface area (Å²) >= 11 is 6.36. The Morgan fingerprint density at radius 2 is 2.10 bits per heavy atom. The van der Waals surface area contributed by atoms with Crippen LogP contribution in [0.2, 0.25) is 5.02 Å². The van der Waals surface area contributed by atoms with Crippen LogP contribution in [0, 0.1) is 6.92 Å². The van der Waals surface area contributed by atoms with Crippen LogP contribution in [0.3, 0.4) is 0 Å². The van der Waals surface area contributed by atoms with Crippen LogP contribution in [-0.2, 0) is 13.6 Å². The summed E-state index contributed by atoms with van der Waals surface area (Å²) in [4.78, 5) is 2.53. The smallest absolute Gasteiger partial charge is 0.0860 e. The second kappa shape index (κ2) is 6.04. The van der Waals surface area contributed by atoms with Crippen LogP contribution in [0.25, 0.3) is 0 Å². The molecule has 1 aliphatic heterocycles. The molecule has 114 valence electrons. The fourth-order valence-electron chi connectivity index (χ4n) is 2.80.